The van der Waals surface area contributed by atoms with Gasteiger partial charge in [-0.1, -0.05) is 42.5 Å². The van der Waals surface area contributed by atoms with E-state index in [1.54, 1.807) is 11.3 Å². The molecule has 0 unspecified atom stereocenters. The predicted octanol–water partition coefficient (Wildman–Crippen LogP) is 2.83. The van der Waals surface area contributed by atoms with E-state index in [1.165, 1.54) is 10.4 Å². The maximum absolute atomic E-state index is 12.7. The molecule has 1 aliphatic rings. The summed E-state index contributed by atoms with van der Waals surface area (Å²) in [5.74, 6) is 1.49. The Morgan fingerprint density at radius 3 is 2.71 bits per heavy atom. The molecule has 0 saturated carbocycles. The number of thiophene rings is 1. The molecule has 3 aromatic rings. The van der Waals surface area contributed by atoms with Gasteiger partial charge in [-0.05, 0) is 36.1 Å². The number of quaternary nitrogens is 1. The van der Waals surface area contributed by atoms with Gasteiger partial charge in [-0.15, -0.1) is 11.3 Å². The van der Waals surface area contributed by atoms with Crippen molar-refractivity contribution in [2.24, 2.45) is 0 Å². The van der Waals surface area contributed by atoms with Crippen LogP contribution in [-0.4, -0.2) is 18.7 Å². The fraction of sp³-hybridized carbons (Fsp3) is 0.227. The fourth-order valence-electron chi connectivity index (χ4n) is 3.28. The molecule has 144 valence electrons. The highest BCUT2D eigenvalue weighted by molar-refractivity contribution is 7.10. The normalized spacial score (nSPS) is 14.5. The van der Waals surface area contributed by atoms with Gasteiger partial charge in [0.15, 0.2) is 17.5 Å². The zero-order valence-electron chi connectivity index (χ0n) is 15.6. The van der Waals surface area contributed by atoms with Gasteiger partial charge in [-0.25, -0.2) is 0 Å². The van der Waals surface area contributed by atoms with Crippen molar-refractivity contribution in [1.82, 2.24) is 5.32 Å². The molecule has 6 heteroatoms. The minimum atomic E-state index is -0.221. The monoisotopic (exact) mass is 395 g/mol. The molecule has 0 radical (unpaired) electrons. The third-order valence-corrected chi connectivity index (χ3v) is 5.76. The van der Waals surface area contributed by atoms with Crippen molar-refractivity contribution in [3.05, 3.63) is 82.0 Å². The molecule has 0 saturated heterocycles. The Kier molecular flexibility index (Phi) is 5.60. The Morgan fingerprint density at radius 2 is 1.93 bits per heavy atom. The first-order chi connectivity index (χ1) is 13.7. The van der Waals surface area contributed by atoms with Crippen LogP contribution in [0.5, 0.6) is 11.5 Å². The van der Waals surface area contributed by atoms with Crippen molar-refractivity contribution in [1.29, 1.82) is 0 Å². The van der Waals surface area contributed by atoms with Crippen LogP contribution in [0.15, 0.2) is 66.0 Å². The quantitative estimate of drug-likeness (QED) is 0.647. The van der Waals surface area contributed by atoms with Gasteiger partial charge in [0.2, 0.25) is 6.79 Å². The number of rotatable bonds is 7. The standard InChI is InChI=1S/C22H22N2O3S/c1-15(22(25)23-13-16-9-10-18-19(12-16)27-14-26-18)24-21(20-8-5-11-28-20)17-6-3-2-4-7-17/h2-12,15,21,24H,13-14H2,1H3,(H,23,25)/p+1/t15-,21+/m1/s1. The van der Waals surface area contributed by atoms with Gasteiger partial charge in [0.25, 0.3) is 5.91 Å². The van der Waals surface area contributed by atoms with Crippen molar-refractivity contribution < 1.29 is 19.6 Å². The molecule has 2 atom stereocenters. The van der Waals surface area contributed by atoms with Gasteiger partial charge >= 0.3 is 0 Å². The van der Waals surface area contributed by atoms with Crippen LogP contribution in [0.25, 0.3) is 0 Å². The molecule has 0 aliphatic carbocycles. The molecular formula is C22H23N2O3S+. The molecule has 2 aromatic carbocycles. The van der Waals surface area contributed by atoms with Crippen LogP contribution in [0.1, 0.15) is 29.0 Å². The summed E-state index contributed by atoms with van der Waals surface area (Å²) in [6.07, 6.45) is 0. The van der Waals surface area contributed by atoms with E-state index >= 15 is 0 Å². The maximum atomic E-state index is 12.7. The van der Waals surface area contributed by atoms with Crippen LogP contribution in [-0.2, 0) is 11.3 Å². The van der Waals surface area contributed by atoms with E-state index in [4.69, 9.17) is 9.47 Å². The van der Waals surface area contributed by atoms with Crippen LogP contribution in [0.3, 0.4) is 0 Å². The molecule has 3 N–H and O–H groups in total. The van der Waals surface area contributed by atoms with Crippen molar-refractivity contribution in [2.45, 2.75) is 25.6 Å². The Hall–Kier alpha value is -2.83. The third kappa shape index (κ3) is 4.18. The zero-order chi connectivity index (χ0) is 19.3. The first-order valence-corrected chi connectivity index (χ1v) is 10.2. The third-order valence-electron chi connectivity index (χ3n) is 4.81. The summed E-state index contributed by atoms with van der Waals surface area (Å²) in [6.45, 7) is 2.65. The largest absolute Gasteiger partial charge is 0.454 e. The zero-order valence-corrected chi connectivity index (χ0v) is 16.4. The van der Waals surface area contributed by atoms with Gasteiger partial charge in [0.1, 0.15) is 6.04 Å². The number of amides is 1. The second kappa shape index (κ2) is 8.46. The van der Waals surface area contributed by atoms with Crippen molar-refractivity contribution in [2.75, 3.05) is 6.79 Å². The van der Waals surface area contributed by atoms with Crippen LogP contribution in [0.2, 0.25) is 0 Å². The molecule has 0 bridgehead atoms. The minimum absolute atomic E-state index is 0.00940. The number of carbonyl (C=O) groups is 1. The number of nitrogens with two attached hydrogens (primary N) is 1. The highest BCUT2D eigenvalue weighted by Crippen LogP contribution is 2.32. The van der Waals surface area contributed by atoms with E-state index in [-0.39, 0.29) is 24.8 Å². The van der Waals surface area contributed by atoms with E-state index in [0.717, 1.165) is 17.1 Å². The number of carbonyl (C=O) groups excluding carboxylic acids is 1. The van der Waals surface area contributed by atoms with Crippen molar-refractivity contribution in [3.63, 3.8) is 0 Å². The average molecular weight is 396 g/mol. The number of ether oxygens (including phenoxy) is 2. The summed E-state index contributed by atoms with van der Waals surface area (Å²) in [7, 11) is 0. The molecular weight excluding hydrogens is 372 g/mol. The van der Waals surface area contributed by atoms with Gasteiger partial charge in [0, 0.05) is 12.1 Å². The van der Waals surface area contributed by atoms with Crippen LogP contribution in [0.4, 0.5) is 0 Å². The van der Waals surface area contributed by atoms with E-state index in [0.29, 0.717) is 6.54 Å². The lowest BCUT2D eigenvalue weighted by molar-refractivity contribution is -0.704. The summed E-state index contributed by atoms with van der Waals surface area (Å²) in [4.78, 5) is 13.9. The van der Waals surface area contributed by atoms with Crippen LogP contribution < -0.4 is 20.1 Å². The molecule has 28 heavy (non-hydrogen) atoms. The second-order valence-electron chi connectivity index (χ2n) is 6.79. The summed E-state index contributed by atoms with van der Waals surface area (Å²) in [5.41, 5.74) is 2.18. The maximum Gasteiger partial charge on any atom is 0.278 e. The number of nitrogens with one attached hydrogen (secondary N) is 1. The summed E-state index contributed by atoms with van der Waals surface area (Å²) >= 11 is 1.71. The van der Waals surface area contributed by atoms with E-state index in [1.807, 2.05) is 49.4 Å². The second-order valence-corrected chi connectivity index (χ2v) is 7.77. The lowest BCUT2D eigenvalue weighted by atomic mass is 10.0. The molecule has 0 fully saturated rings. The first kappa shape index (κ1) is 18.5. The smallest absolute Gasteiger partial charge is 0.278 e. The van der Waals surface area contributed by atoms with Crippen molar-refractivity contribution in [3.8, 4) is 11.5 Å². The molecule has 1 aromatic heterocycles. The topological polar surface area (TPSA) is 64.2 Å². The van der Waals surface area contributed by atoms with Gasteiger partial charge in [-0.3, -0.25) is 4.79 Å². The minimum Gasteiger partial charge on any atom is -0.454 e. The number of hydrogen-bond donors (Lipinski definition) is 2. The van der Waals surface area contributed by atoms with Gasteiger partial charge in [-0.2, -0.15) is 0 Å². The molecule has 2 heterocycles. The average Bonchev–Trinajstić information content (AvgIpc) is 3.42. The molecule has 4 rings (SSSR count). The lowest BCUT2D eigenvalue weighted by Crippen LogP contribution is -2.92. The van der Waals surface area contributed by atoms with Gasteiger partial charge < -0.3 is 20.1 Å². The highest BCUT2D eigenvalue weighted by atomic mass is 32.1. The summed E-state index contributed by atoms with van der Waals surface area (Å²) < 4.78 is 10.7. The van der Waals surface area contributed by atoms with E-state index in [9.17, 15) is 4.79 Å². The SMILES string of the molecule is C[C@@H]([NH2+][C@@H](c1ccccc1)c1cccs1)C(=O)NCc1ccc2c(c1)OCO2. The van der Waals surface area contributed by atoms with Crippen LogP contribution in [0, 0.1) is 0 Å². The Bertz CT molecular complexity index is 928. The summed E-state index contributed by atoms with van der Waals surface area (Å²) in [5, 5.41) is 7.22. The first-order valence-electron chi connectivity index (χ1n) is 9.30. The van der Waals surface area contributed by atoms with E-state index < -0.39 is 0 Å². The number of benzene rings is 2. The summed E-state index contributed by atoms with van der Waals surface area (Å²) in [6, 6.07) is 20.1. The highest BCUT2D eigenvalue weighted by Gasteiger charge is 2.25. The fourth-order valence-corrected chi connectivity index (χ4v) is 4.11. The number of fused-ring (bicyclic) bond motifs is 1. The molecule has 1 amide bonds. The Balaban J connectivity index is 1.40. The lowest BCUT2D eigenvalue weighted by Gasteiger charge is -2.19. The predicted molar refractivity (Wildman–Crippen MR) is 108 cm³/mol. The molecule has 1 aliphatic heterocycles. The number of hydrogen-bond acceptors (Lipinski definition) is 4. The van der Waals surface area contributed by atoms with Crippen molar-refractivity contribution >= 4 is 17.2 Å². The Morgan fingerprint density at radius 1 is 1.11 bits per heavy atom. The molecule has 5 nitrogen and oxygen atoms in total. The van der Waals surface area contributed by atoms with E-state index in [2.05, 4.69) is 34.2 Å². The molecule has 0 spiro atoms. The van der Waals surface area contributed by atoms with Gasteiger partial charge in [0.05, 0.1) is 4.88 Å². The Labute approximate surface area is 168 Å². The van der Waals surface area contributed by atoms with Crippen LogP contribution >= 0.6 is 11.3 Å².